The molecule has 0 aromatic heterocycles. The number of rotatable bonds is 7. The minimum Gasteiger partial charge on any atom is -0.480 e. The fourth-order valence-electron chi connectivity index (χ4n) is 1.85. The molecule has 1 atom stereocenters. The number of carboxylic acid groups (broad SMARTS) is 1. The lowest BCUT2D eigenvalue weighted by Gasteiger charge is -2.27. The highest BCUT2D eigenvalue weighted by molar-refractivity contribution is 5.78. The SMILES string of the molecule is CC(C)CCNC(C)(Cc1ccccc1)C(=O)O. The largest absolute Gasteiger partial charge is 0.480 e. The Balaban J connectivity index is 2.66. The molecule has 0 bridgehead atoms. The molecule has 0 radical (unpaired) electrons. The van der Waals surface area contributed by atoms with Crippen molar-refractivity contribution in [2.24, 2.45) is 5.92 Å². The zero-order valence-corrected chi connectivity index (χ0v) is 11.4. The molecule has 2 N–H and O–H groups in total. The Morgan fingerprint density at radius 3 is 2.44 bits per heavy atom. The van der Waals surface area contributed by atoms with Crippen LogP contribution in [0.15, 0.2) is 30.3 Å². The monoisotopic (exact) mass is 249 g/mol. The molecule has 100 valence electrons. The van der Waals surface area contributed by atoms with Crippen molar-refractivity contribution in [1.82, 2.24) is 5.32 Å². The van der Waals surface area contributed by atoms with Gasteiger partial charge < -0.3 is 10.4 Å². The summed E-state index contributed by atoms with van der Waals surface area (Å²) in [6.07, 6.45) is 1.49. The number of benzene rings is 1. The van der Waals surface area contributed by atoms with Gasteiger partial charge in [0.25, 0.3) is 0 Å². The Morgan fingerprint density at radius 2 is 1.94 bits per heavy atom. The lowest BCUT2D eigenvalue weighted by atomic mass is 9.92. The van der Waals surface area contributed by atoms with Crippen molar-refractivity contribution in [3.8, 4) is 0 Å². The van der Waals surface area contributed by atoms with Crippen LogP contribution in [0.3, 0.4) is 0 Å². The maximum absolute atomic E-state index is 11.4. The van der Waals surface area contributed by atoms with Gasteiger partial charge in [-0.1, -0.05) is 44.2 Å². The summed E-state index contributed by atoms with van der Waals surface area (Å²) in [6.45, 7) is 6.75. The number of hydrogen-bond acceptors (Lipinski definition) is 2. The van der Waals surface area contributed by atoms with E-state index in [2.05, 4.69) is 19.2 Å². The molecule has 1 aromatic carbocycles. The molecule has 18 heavy (non-hydrogen) atoms. The third-order valence-corrected chi connectivity index (χ3v) is 3.11. The Hall–Kier alpha value is -1.35. The van der Waals surface area contributed by atoms with Gasteiger partial charge in [0.1, 0.15) is 5.54 Å². The molecule has 0 aliphatic carbocycles. The summed E-state index contributed by atoms with van der Waals surface area (Å²) in [6, 6.07) is 9.74. The smallest absolute Gasteiger partial charge is 0.323 e. The van der Waals surface area contributed by atoms with Gasteiger partial charge in [-0.25, -0.2) is 0 Å². The number of aliphatic carboxylic acids is 1. The summed E-state index contributed by atoms with van der Waals surface area (Å²) < 4.78 is 0. The van der Waals surface area contributed by atoms with Gasteiger partial charge >= 0.3 is 5.97 Å². The van der Waals surface area contributed by atoms with Crippen molar-refractivity contribution in [3.05, 3.63) is 35.9 Å². The molecule has 0 aliphatic heterocycles. The first-order valence-electron chi connectivity index (χ1n) is 6.46. The summed E-state index contributed by atoms with van der Waals surface area (Å²) in [5, 5.41) is 12.6. The van der Waals surface area contributed by atoms with E-state index in [0.29, 0.717) is 12.3 Å². The molecule has 1 rings (SSSR count). The summed E-state index contributed by atoms with van der Waals surface area (Å²) >= 11 is 0. The van der Waals surface area contributed by atoms with E-state index in [1.807, 2.05) is 30.3 Å². The summed E-state index contributed by atoms with van der Waals surface area (Å²) in [7, 11) is 0. The van der Waals surface area contributed by atoms with E-state index in [0.717, 1.165) is 18.5 Å². The average molecular weight is 249 g/mol. The number of nitrogens with one attached hydrogen (secondary N) is 1. The molecule has 0 amide bonds. The van der Waals surface area contributed by atoms with Crippen LogP contribution in [0.2, 0.25) is 0 Å². The van der Waals surface area contributed by atoms with Crippen molar-refractivity contribution in [3.63, 3.8) is 0 Å². The molecule has 0 saturated heterocycles. The van der Waals surface area contributed by atoms with Crippen LogP contribution in [0, 0.1) is 5.92 Å². The van der Waals surface area contributed by atoms with E-state index >= 15 is 0 Å². The summed E-state index contributed by atoms with van der Waals surface area (Å²) in [4.78, 5) is 11.4. The van der Waals surface area contributed by atoms with E-state index in [1.165, 1.54) is 0 Å². The molecule has 3 heteroatoms. The average Bonchev–Trinajstić information content (AvgIpc) is 2.29. The van der Waals surface area contributed by atoms with Crippen molar-refractivity contribution >= 4 is 5.97 Å². The first-order valence-corrected chi connectivity index (χ1v) is 6.46. The number of hydrogen-bond donors (Lipinski definition) is 2. The van der Waals surface area contributed by atoms with Crippen LogP contribution in [-0.4, -0.2) is 23.2 Å². The van der Waals surface area contributed by atoms with Gasteiger partial charge in [0.2, 0.25) is 0 Å². The predicted octanol–water partition coefficient (Wildman–Crippen LogP) is 2.71. The highest BCUT2D eigenvalue weighted by Crippen LogP contribution is 2.14. The number of carboxylic acids is 1. The zero-order valence-electron chi connectivity index (χ0n) is 11.4. The lowest BCUT2D eigenvalue weighted by Crippen LogP contribution is -2.51. The molecular weight excluding hydrogens is 226 g/mol. The molecule has 0 spiro atoms. The Morgan fingerprint density at radius 1 is 1.33 bits per heavy atom. The van der Waals surface area contributed by atoms with Crippen LogP contribution in [0.25, 0.3) is 0 Å². The fraction of sp³-hybridized carbons (Fsp3) is 0.533. The van der Waals surface area contributed by atoms with Crippen LogP contribution in [0.1, 0.15) is 32.8 Å². The van der Waals surface area contributed by atoms with Crippen molar-refractivity contribution in [2.75, 3.05) is 6.54 Å². The molecule has 1 unspecified atom stereocenters. The van der Waals surface area contributed by atoms with Crippen molar-refractivity contribution < 1.29 is 9.90 Å². The van der Waals surface area contributed by atoms with Crippen LogP contribution in [0.5, 0.6) is 0 Å². The molecular formula is C15H23NO2. The van der Waals surface area contributed by atoms with Gasteiger partial charge in [0, 0.05) is 6.42 Å². The van der Waals surface area contributed by atoms with Crippen LogP contribution in [0.4, 0.5) is 0 Å². The lowest BCUT2D eigenvalue weighted by molar-refractivity contribution is -0.144. The van der Waals surface area contributed by atoms with E-state index in [9.17, 15) is 9.90 Å². The molecule has 1 aromatic rings. The van der Waals surface area contributed by atoms with Crippen LogP contribution < -0.4 is 5.32 Å². The first-order chi connectivity index (χ1) is 8.44. The second-order valence-electron chi connectivity index (χ2n) is 5.41. The zero-order chi connectivity index (χ0) is 13.6. The quantitative estimate of drug-likeness (QED) is 0.781. The highest BCUT2D eigenvalue weighted by atomic mass is 16.4. The molecule has 3 nitrogen and oxygen atoms in total. The van der Waals surface area contributed by atoms with E-state index in [4.69, 9.17) is 0 Å². The molecule has 0 saturated carbocycles. The standard InChI is InChI=1S/C15H23NO2/c1-12(2)9-10-16-15(3,14(17)18)11-13-7-5-4-6-8-13/h4-8,12,16H,9-11H2,1-3H3,(H,17,18). The Bertz CT molecular complexity index is 375. The van der Waals surface area contributed by atoms with E-state index in [-0.39, 0.29) is 0 Å². The minimum absolute atomic E-state index is 0.501. The van der Waals surface area contributed by atoms with Gasteiger partial charge in [-0.05, 0) is 31.4 Å². The fourth-order valence-corrected chi connectivity index (χ4v) is 1.85. The number of carbonyl (C=O) groups is 1. The molecule has 0 heterocycles. The van der Waals surface area contributed by atoms with Gasteiger partial charge in [0.15, 0.2) is 0 Å². The molecule has 0 aliphatic rings. The van der Waals surface area contributed by atoms with Crippen molar-refractivity contribution in [1.29, 1.82) is 0 Å². The maximum Gasteiger partial charge on any atom is 0.323 e. The second-order valence-corrected chi connectivity index (χ2v) is 5.41. The maximum atomic E-state index is 11.4. The third kappa shape index (κ3) is 4.49. The minimum atomic E-state index is -0.893. The van der Waals surface area contributed by atoms with E-state index in [1.54, 1.807) is 6.92 Å². The van der Waals surface area contributed by atoms with Crippen LogP contribution >= 0.6 is 0 Å². The summed E-state index contributed by atoms with van der Waals surface area (Å²) in [5.74, 6) is -0.220. The first kappa shape index (κ1) is 14.7. The topological polar surface area (TPSA) is 49.3 Å². The van der Waals surface area contributed by atoms with Gasteiger partial charge in [-0.3, -0.25) is 4.79 Å². The normalized spacial score (nSPS) is 14.4. The van der Waals surface area contributed by atoms with Crippen molar-refractivity contribution in [2.45, 2.75) is 39.2 Å². The van der Waals surface area contributed by atoms with Crippen LogP contribution in [-0.2, 0) is 11.2 Å². The highest BCUT2D eigenvalue weighted by Gasteiger charge is 2.32. The second kappa shape index (κ2) is 6.55. The predicted molar refractivity (Wildman–Crippen MR) is 73.6 cm³/mol. The van der Waals surface area contributed by atoms with E-state index < -0.39 is 11.5 Å². The summed E-state index contributed by atoms with van der Waals surface area (Å²) in [5.41, 5.74) is 0.149. The van der Waals surface area contributed by atoms with Gasteiger partial charge in [0.05, 0.1) is 0 Å². The third-order valence-electron chi connectivity index (χ3n) is 3.11. The molecule has 0 fully saturated rings. The Labute approximate surface area is 109 Å². The Kier molecular flexibility index (Phi) is 5.35. The van der Waals surface area contributed by atoms with Gasteiger partial charge in [-0.15, -0.1) is 0 Å². The van der Waals surface area contributed by atoms with Gasteiger partial charge in [-0.2, -0.15) is 0 Å².